The van der Waals surface area contributed by atoms with Gasteiger partial charge < -0.3 is 22.5 Å². The molecule has 0 bridgehead atoms. The van der Waals surface area contributed by atoms with E-state index in [0.717, 1.165) is 5.56 Å². The number of rotatable bonds is 6. The van der Waals surface area contributed by atoms with Crippen LogP contribution in [-0.4, -0.2) is 24.0 Å². The standard InChI is InChI=1S/C11H14N2O4.ClH/c1-9(14)17-7-6-12-8-10-2-4-11(5-3-10)13(15)16;/h2-5,12H,6-8H2,1H3;1H. The molecule has 1 aromatic carbocycles. The highest BCUT2D eigenvalue weighted by molar-refractivity contribution is 5.65. The Morgan fingerprint density at radius 3 is 2.50 bits per heavy atom. The molecule has 0 saturated heterocycles. The molecular formula is C11H15ClN2O4. The van der Waals surface area contributed by atoms with Crippen molar-refractivity contribution in [2.45, 2.75) is 13.5 Å². The number of carbonyl (C=O) groups is 1. The second-order valence-electron chi connectivity index (χ2n) is 3.55. The first-order chi connectivity index (χ1) is 8.09. The average molecular weight is 275 g/mol. The van der Waals surface area contributed by atoms with Crippen LogP contribution in [0, 0.1) is 10.1 Å². The van der Waals surface area contributed by atoms with Gasteiger partial charge in [0.15, 0.2) is 0 Å². The van der Waals surface area contributed by atoms with Crippen LogP contribution in [0.3, 0.4) is 0 Å². The molecule has 0 fully saturated rings. The summed E-state index contributed by atoms with van der Waals surface area (Å²) < 4.78 is 4.77. The van der Waals surface area contributed by atoms with Crippen LogP contribution in [0.25, 0.3) is 0 Å². The first-order valence-corrected chi connectivity index (χ1v) is 5.28. The van der Waals surface area contributed by atoms with Gasteiger partial charge in [-0.05, 0) is 12.1 Å². The third kappa shape index (κ3) is 6.17. The molecule has 0 heterocycles. The Morgan fingerprint density at radius 2 is 2.00 bits per heavy atom. The minimum Gasteiger partial charge on any atom is -1.00 e. The molecule has 0 aliphatic heterocycles. The molecule has 18 heavy (non-hydrogen) atoms. The van der Waals surface area contributed by atoms with Crippen molar-refractivity contribution < 1.29 is 32.2 Å². The first-order valence-electron chi connectivity index (χ1n) is 5.28. The fourth-order valence-corrected chi connectivity index (χ4v) is 1.31. The van der Waals surface area contributed by atoms with Gasteiger partial charge in [-0.15, -0.1) is 0 Å². The summed E-state index contributed by atoms with van der Waals surface area (Å²) in [6, 6.07) is 6.41. The third-order valence-corrected chi connectivity index (χ3v) is 2.15. The second-order valence-corrected chi connectivity index (χ2v) is 3.55. The van der Waals surface area contributed by atoms with Crippen LogP contribution in [0.1, 0.15) is 12.5 Å². The number of nitrogens with zero attached hydrogens (tertiary/aromatic N) is 1. The molecule has 0 aromatic heterocycles. The van der Waals surface area contributed by atoms with E-state index < -0.39 is 4.92 Å². The lowest BCUT2D eigenvalue weighted by molar-refractivity contribution is -0.671. The molecule has 0 radical (unpaired) electrons. The van der Waals surface area contributed by atoms with E-state index >= 15 is 0 Å². The Morgan fingerprint density at radius 1 is 1.39 bits per heavy atom. The van der Waals surface area contributed by atoms with Crippen molar-refractivity contribution in [3.8, 4) is 0 Å². The van der Waals surface area contributed by atoms with E-state index in [1.165, 1.54) is 19.1 Å². The Hall–Kier alpha value is -1.66. The van der Waals surface area contributed by atoms with Gasteiger partial charge in [0.1, 0.15) is 19.7 Å². The summed E-state index contributed by atoms with van der Waals surface area (Å²) in [5.41, 5.74) is 1.09. The lowest BCUT2D eigenvalue weighted by atomic mass is 10.2. The zero-order chi connectivity index (χ0) is 12.7. The van der Waals surface area contributed by atoms with E-state index in [4.69, 9.17) is 4.74 Å². The van der Waals surface area contributed by atoms with Gasteiger partial charge in [0.2, 0.25) is 0 Å². The molecule has 7 heteroatoms. The van der Waals surface area contributed by atoms with Crippen molar-refractivity contribution in [1.82, 2.24) is 0 Å². The highest BCUT2D eigenvalue weighted by Gasteiger charge is 2.04. The molecule has 1 aromatic rings. The number of hydrogen-bond acceptors (Lipinski definition) is 4. The van der Waals surface area contributed by atoms with E-state index in [1.807, 2.05) is 5.32 Å². The molecule has 100 valence electrons. The molecule has 0 unspecified atom stereocenters. The molecule has 0 saturated carbocycles. The lowest BCUT2D eigenvalue weighted by Crippen LogP contribution is -3.00. The van der Waals surface area contributed by atoms with Gasteiger partial charge in [-0.1, -0.05) is 0 Å². The van der Waals surface area contributed by atoms with Gasteiger partial charge in [-0.3, -0.25) is 14.9 Å². The zero-order valence-corrected chi connectivity index (χ0v) is 10.7. The van der Waals surface area contributed by atoms with Crippen LogP contribution >= 0.6 is 0 Å². The molecule has 0 amide bonds. The molecule has 0 aliphatic rings. The highest BCUT2D eigenvalue weighted by Crippen LogP contribution is 2.10. The predicted molar refractivity (Wildman–Crippen MR) is 60.2 cm³/mol. The quantitative estimate of drug-likeness (QED) is 0.263. The molecule has 0 spiro atoms. The summed E-state index contributed by atoms with van der Waals surface area (Å²) in [5, 5.41) is 12.4. The summed E-state index contributed by atoms with van der Waals surface area (Å²) >= 11 is 0. The molecule has 2 N–H and O–H groups in total. The molecule has 0 aliphatic carbocycles. The number of esters is 1. The molecule has 6 nitrogen and oxygen atoms in total. The number of halogens is 1. The molecular weight excluding hydrogens is 260 g/mol. The van der Waals surface area contributed by atoms with Crippen LogP contribution in [0.4, 0.5) is 5.69 Å². The fourth-order valence-electron chi connectivity index (χ4n) is 1.31. The zero-order valence-electron chi connectivity index (χ0n) is 9.97. The Bertz CT molecular complexity index is 395. The maximum atomic E-state index is 10.5. The number of carbonyl (C=O) groups excluding carboxylic acids is 1. The number of nitrogens with two attached hydrogens (primary N) is 1. The van der Waals surface area contributed by atoms with Crippen molar-refractivity contribution >= 4 is 11.7 Å². The number of quaternary nitrogens is 1. The van der Waals surface area contributed by atoms with Crippen molar-refractivity contribution in [1.29, 1.82) is 0 Å². The van der Waals surface area contributed by atoms with Crippen molar-refractivity contribution in [2.24, 2.45) is 0 Å². The van der Waals surface area contributed by atoms with Crippen LogP contribution in [0.2, 0.25) is 0 Å². The minimum absolute atomic E-state index is 0. The van der Waals surface area contributed by atoms with Crippen LogP contribution in [0.5, 0.6) is 0 Å². The fraction of sp³-hybridized carbons (Fsp3) is 0.364. The number of ether oxygens (including phenoxy) is 1. The second kappa shape index (κ2) is 8.43. The van der Waals surface area contributed by atoms with Gasteiger partial charge in [-0.2, -0.15) is 0 Å². The molecule has 0 atom stereocenters. The van der Waals surface area contributed by atoms with Gasteiger partial charge in [0, 0.05) is 24.6 Å². The van der Waals surface area contributed by atoms with Crippen molar-refractivity contribution in [2.75, 3.05) is 13.2 Å². The van der Waals surface area contributed by atoms with E-state index in [2.05, 4.69) is 0 Å². The highest BCUT2D eigenvalue weighted by atomic mass is 35.5. The maximum Gasteiger partial charge on any atom is 0.302 e. The number of hydrogen-bond donors (Lipinski definition) is 1. The van der Waals surface area contributed by atoms with Crippen LogP contribution in [-0.2, 0) is 16.1 Å². The van der Waals surface area contributed by atoms with Crippen molar-refractivity contribution in [3.63, 3.8) is 0 Å². The summed E-state index contributed by atoms with van der Waals surface area (Å²) in [6.07, 6.45) is 0. The Balaban J connectivity index is 0.00000289. The van der Waals surface area contributed by atoms with Gasteiger partial charge in [0.05, 0.1) is 4.92 Å². The monoisotopic (exact) mass is 274 g/mol. The normalized spacial score (nSPS) is 9.39. The number of benzene rings is 1. The SMILES string of the molecule is CC(=O)OCC[NH2+]Cc1ccc([N+](=O)[O-])cc1.[Cl-]. The van der Waals surface area contributed by atoms with E-state index in [-0.39, 0.29) is 24.1 Å². The van der Waals surface area contributed by atoms with Crippen molar-refractivity contribution in [3.05, 3.63) is 39.9 Å². The topological polar surface area (TPSA) is 86.0 Å². The van der Waals surface area contributed by atoms with Crippen LogP contribution in [0.15, 0.2) is 24.3 Å². The van der Waals surface area contributed by atoms with E-state index in [9.17, 15) is 14.9 Å². The predicted octanol–water partition coefficient (Wildman–Crippen LogP) is -2.77. The lowest BCUT2D eigenvalue weighted by Gasteiger charge is -2.02. The Kier molecular flexibility index (Phi) is 7.66. The van der Waals surface area contributed by atoms with Gasteiger partial charge >= 0.3 is 5.97 Å². The number of non-ortho nitro benzene ring substituents is 1. The number of nitro groups is 1. The summed E-state index contributed by atoms with van der Waals surface area (Å²) in [7, 11) is 0. The number of nitro benzene ring substituents is 1. The van der Waals surface area contributed by atoms with Crippen LogP contribution < -0.4 is 17.7 Å². The first kappa shape index (κ1) is 16.3. The van der Waals surface area contributed by atoms with E-state index in [0.29, 0.717) is 19.7 Å². The largest absolute Gasteiger partial charge is 1.00 e. The third-order valence-electron chi connectivity index (χ3n) is 2.15. The van der Waals surface area contributed by atoms with Gasteiger partial charge in [-0.25, -0.2) is 0 Å². The van der Waals surface area contributed by atoms with E-state index in [1.54, 1.807) is 12.1 Å². The smallest absolute Gasteiger partial charge is 0.302 e. The minimum atomic E-state index is -0.422. The molecule has 1 rings (SSSR count). The summed E-state index contributed by atoms with van der Waals surface area (Å²) in [5.74, 6) is -0.284. The summed E-state index contributed by atoms with van der Waals surface area (Å²) in [6.45, 7) is 3.13. The Labute approximate surface area is 111 Å². The summed E-state index contributed by atoms with van der Waals surface area (Å²) in [4.78, 5) is 20.5. The average Bonchev–Trinajstić information content (AvgIpc) is 2.29. The van der Waals surface area contributed by atoms with Gasteiger partial charge in [0.25, 0.3) is 5.69 Å². The maximum absolute atomic E-state index is 10.5.